The number of nitrogens with zero attached hydrogens (tertiary/aromatic N) is 1. The van der Waals surface area contributed by atoms with Gasteiger partial charge in [0.2, 0.25) is 0 Å². The number of amides is 1. The normalized spacial score (nSPS) is 22.2. The molecule has 2 aliphatic rings. The van der Waals surface area contributed by atoms with Gasteiger partial charge in [-0.3, -0.25) is 9.69 Å². The molecule has 2 unspecified atom stereocenters. The zero-order valence-corrected chi connectivity index (χ0v) is 17.9. The molecule has 7 nitrogen and oxygen atoms in total. The molecular formula is C24H28N2O5. The summed E-state index contributed by atoms with van der Waals surface area (Å²) in [5.74, 6) is 0.0373. The number of cyclic esters (lactones) is 1. The highest BCUT2D eigenvalue weighted by Gasteiger charge is 2.42. The molecule has 2 atom stereocenters. The number of morpholine rings is 1. The molecule has 2 heterocycles. The van der Waals surface area contributed by atoms with E-state index in [0.717, 1.165) is 30.0 Å². The zero-order valence-electron chi connectivity index (χ0n) is 17.9. The molecule has 164 valence electrons. The van der Waals surface area contributed by atoms with Gasteiger partial charge in [-0.1, -0.05) is 30.3 Å². The van der Waals surface area contributed by atoms with Crippen LogP contribution in [0.5, 0.6) is 5.75 Å². The fourth-order valence-corrected chi connectivity index (χ4v) is 4.21. The Bertz CT molecular complexity index is 939. The Morgan fingerprint density at radius 1 is 1.16 bits per heavy atom. The quantitative estimate of drug-likeness (QED) is 0.718. The minimum Gasteiger partial charge on any atom is -0.497 e. The first-order chi connectivity index (χ1) is 15.0. The summed E-state index contributed by atoms with van der Waals surface area (Å²) in [4.78, 5) is 27.9. The van der Waals surface area contributed by atoms with E-state index in [1.54, 1.807) is 26.2 Å². The molecule has 1 fully saturated rings. The Labute approximate surface area is 182 Å². The second-order valence-electron chi connectivity index (χ2n) is 8.10. The molecule has 0 bridgehead atoms. The summed E-state index contributed by atoms with van der Waals surface area (Å²) in [5, 5.41) is 3.04. The van der Waals surface area contributed by atoms with Crippen LogP contribution in [0.1, 0.15) is 34.5 Å². The van der Waals surface area contributed by atoms with Gasteiger partial charge in [-0.2, -0.15) is 0 Å². The lowest BCUT2D eigenvalue weighted by Crippen LogP contribution is -2.53. The Morgan fingerprint density at radius 3 is 2.58 bits per heavy atom. The average Bonchev–Trinajstić information content (AvgIpc) is 2.80. The maximum Gasteiger partial charge on any atom is 0.339 e. The van der Waals surface area contributed by atoms with Crippen molar-refractivity contribution in [2.75, 3.05) is 40.0 Å². The second kappa shape index (κ2) is 9.08. The van der Waals surface area contributed by atoms with Crippen molar-refractivity contribution in [3.63, 3.8) is 0 Å². The van der Waals surface area contributed by atoms with Crippen molar-refractivity contribution in [1.29, 1.82) is 0 Å². The summed E-state index contributed by atoms with van der Waals surface area (Å²) in [7, 11) is 1.64. The fourth-order valence-electron chi connectivity index (χ4n) is 4.21. The monoisotopic (exact) mass is 424 g/mol. The number of esters is 1. The van der Waals surface area contributed by atoms with Gasteiger partial charge in [-0.15, -0.1) is 0 Å². The minimum absolute atomic E-state index is 0.0195. The smallest absolute Gasteiger partial charge is 0.339 e. The number of methoxy groups -OCH3 is 1. The molecule has 0 spiro atoms. The molecule has 0 radical (unpaired) electrons. The molecular weight excluding hydrogens is 396 g/mol. The molecule has 7 heteroatoms. The SMILES string of the molecule is COc1ccc(C(CNC(=O)C2(C)Cc3ccccc3C(=O)O2)N2CCOCC2)cc1. The molecule has 1 saturated heterocycles. The van der Waals surface area contributed by atoms with Crippen molar-refractivity contribution >= 4 is 11.9 Å². The highest BCUT2D eigenvalue weighted by Crippen LogP contribution is 2.29. The number of ether oxygens (including phenoxy) is 3. The minimum atomic E-state index is -1.24. The number of hydrogen-bond donors (Lipinski definition) is 1. The second-order valence-corrected chi connectivity index (χ2v) is 8.10. The maximum atomic E-state index is 13.1. The molecule has 0 saturated carbocycles. The van der Waals surface area contributed by atoms with Crippen LogP contribution in [0, 0.1) is 0 Å². The van der Waals surface area contributed by atoms with Crippen molar-refractivity contribution in [1.82, 2.24) is 10.2 Å². The summed E-state index contributed by atoms with van der Waals surface area (Å²) >= 11 is 0. The Morgan fingerprint density at radius 2 is 1.87 bits per heavy atom. The fraction of sp³-hybridized carbons (Fsp3) is 0.417. The summed E-state index contributed by atoms with van der Waals surface area (Å²) in [6.07, 6.45) is 0.353. The van der Waals surface area contributed by atoms with Crippen LogP contribution in [-0.4, -0.2) is 62.3 Å². The summed E-state index contributed by atoms with van der Waals surface area (Å²) in [5.41, 5.74) is 1.20. The van der Waals surface area contributed by atoms with Crippen molar-refractivity contribution < 1.29 is 23.8 Å². The van der Waals surface area contributed by atoms with E-state index in [1.807, 2.05) is 36.4 Å². The van der Waals surface area contributed by atoms with E-state index in [2.05, 4.69) is 10.2 Å². The van der Waals surface area contributed by atoms with Gasteiger partial charge in [0.25, 0.3) is 5.91 Å². The Hall–Kier alpha value is -2.90. The van der Waals surface area contributed by atoms with Crippen LogP contribution < -0.4 is 10.1 Å². The number of carbonyl (C=O) groups is 2. The zero-order chi connectivity index (χ0) is 21.8. The van der Waals surface area contributed by atoms with E-state index in [0.29, 0.717) is 31.7 Å². The van der Waals surface area contributed by atoms with E-state index in [1.165, 1.54) is 0 Å². The molecule has 4 rings (SSSR count). The predicted molar refractivity (Wildman–Crippen MR) is 115 cm³/mol. The third-order valence-electron chi connectivity index (χ3n) is 6.01. The van der Waals surface area contributed by atoms with Crippen LogP contribution in [0.4, 0.5) is 0 Å². The number of hydrogen-bond acceptors (Lipinski definition) is 6. The molecule has 31 heavy (non-hydrogen) atoms. The summed E-state index contributed by atoms with van der Waals surface area (Å²) in [6.45, 7) is 4.96. The number of fused-ring (bicyclic) bond motifs is 1. The van der Waals surface area contributed by atoms with Crippen LogP contribution in [0.25, 0.3) is 0 Å². The number of nitrogens with one attached hydrogen (secondary N) is 1. The van der Waals surface area contributed by atoms with E-state index in [9.17, 15) is 9.59 Å². The Kier molecular flexibility index (Phi) is 6.25. The first kappa shape index (κ1) is 21.3. The third-order valence-corrected chi connectivity index (χ3v) is 6.01. The first-order valence-electron chi connectivity index (χ1n) is 10.6. The van der Waals surface area contributed by atoms with Crippen LogP contribution in [0.2, 0.25) is 0 Å². The van der Waals surface area contributed by atoms with E-state index >= 15 is 0 Å². The standard InChI is InChI=1S/C24H28N2O5/c1-24(15-18-5-3-4-6-20(18)22(27)31-24)23(28)25-16-21(26-11-13-30-14-12-26)17-7-9-19(29-2)10-8-17/h3-10,21H,11-16H2,1-2H3,(H,25,28). The number of rotatable bonds is 6. The third kappa shape index (κ3) is 4.57. The highest BCUT2D eigenvalue weighted by molar-refractivity contribution is 5.97. The van der Waals surface area contributed by atoms with Gasteiger partial charge in [0.1, 0.15) is 5.75 Å². The lowest BCUT2D eigenvalue weighted by molar-refractivity contribution is -0.140. The molecule has 0 aromatic heterocycles. The molecule has 2 aromatic carbocycles. The predicted octanol–water partition coefficient (Wildman–Crippen LogP) is 2.36. The lowest BCUT2D eigenvalue weighted by atomic mass is 9.89. The van der Waals surface area contributed by atoms with Crippen LogP contribution in [0.15, 0.2) is 48.5 Å². The lowest BCUT2D eigenvalue weighted by Gasteiger charge is -2.37. The first-order valence-corrected chi connectivity index (χ1v) is 10.6. The van der Waals surface area contributed by atoms with E-state index in [4.69, 9.17) is 14.2 Å². The number of carbonyl (C=O) groups excluding carboxylic acids is 2. The van der Waals surface area contributed by atoms with Crippen molar-refractivity contribution in [3.05, 3.63) is 65.2 Å². The van der Waals surface area contributed by atoms with Gasteiger partial charge in [0.15, 0.2) is 5.60 Å². The average molecular weight is 424 g/mol. The van der Waals surface area contributed by atoms with Crippen molar-refractivity contribution in [2.45, 2.75) is 25.0 Å². The van der Waals surface area contributed by atoms with Gasteiger partial charge in [0, 0.05) is 26.1 Å². The van der Waals surface area contributed by atoms with Gasteiger partial charge >= 0.3 is 5.97 Å². The van der Waals surface area contributed by atoms with E-state index < -0.39 is 11.6 Å². The van der Waals surface area contributed by atoms with E-state index in [-0.39, 0.29) is 11.9 Å². The van der Waals surface area contributed by atoms with Gasteiger partial charge in [-0.05, 0) is 36.2 Å². The molecule has 2 aromatic rings. The molecule has 2 aliphatic heterocycles. The number of benzene rings is 2. The maximum absolute atomic E-state index is 13.1. The van der Waals surface area contributed by atoms with Gasteiger partial charge in [-0.25, -0.2) is 4.79 Å². The Balaban J connectivity index is 1.49. The van der Waals surface area contributed by atoms with Crippen LogP contribution in [0.3, 0.4) is 0 Å². The summed E-state index contributed by atoms with van der Waals surface area (Å²) < 4.78 is 16.3. The van der Waals surface area contributed by atoms with Crippen LogP contribution in [-0.2, 0) is 20.7 Å². The molecule has 1 N–H and O–H groups in total. The summed E-state index contributed by atoms with van der Waals surface area (Å²) in [6, 6.07) is 15.1. The molecule has 1 amide bonds. The largest absolute Gasteiger partial charge is 0.497 e. The van der Waals surface area contributed by atoms with Gasteiger partial charge in [0.05, 0.1) is 31.9 Å². The molecule has 0 aliphatic carbocycles. The van der Waals surface area contributed by atoms with Crippen molar-refractivity contribution in [3.8, 4) is 5.75 Å². The van der Waals surface area contributed by atoms with Gasteiger partial charge < -0.3 is 19.5 Å². The topological polar surface area (TPSA) is 77.1 Å². The van der Waals surface area contributed by atoms with Crippen molar-refractivity contribution in [2.24, 2.45) is 0 Å². The highest BCUT2D eigenvalue weighted by atomic mass is 16.6. The van der Waals surface area contributed by atoms with Crippen LogP contribution >= 0.6 is 0 Å².